The normalized spacial score (nSPS) is 11.3. The van der Waals surface area contributed by atoms with Gasteiger partial charge in [0.05, 0.1) is 5.69 Å². The molecule has 0 saturated heterocycles. The Kier molecular flexibility index (Phi) is 4.19. The molecular weight excluding hydrogens is 394 g/mol. The minimum atomic E-state index is -4.02. The molecule has 0 aliphatic heterocycles. The highest BCUT2D eigenvalue weighted by atomic mass is 127. The largest absolute Gasteiger partial charge is 0.399 e. The summed E-state index contributed by atoms with van der Waals surface area (Å²) in [6, 6.07) is 9.34. The van der Waals surface area contributed by atoms with Gasteiger partial charge in [-0.25, -0.2) is 12.8 Å². The van der Waals surface area contributed by atoms with Gasteiger partial charge in [-0.05, 0) is 59.3 Å². The number of aryl methyl sites for hydroxylation is 1. The third-order valence-corrected chi connectivity index (χ3v) is 4.96. The monoisotopic (exact) mass is 406 g/mol. The Morgan fingerprint density at radius 2 is 1.90 bits per heavy atom. The molecule has 2 aromatic rings. The van der Waals surface area contributed by atoms with Crippen LogP contribution in [0.1, 0.15) is 5.56 Å². The lowest BCUT2D eigenvalue weighted by molar-refractivity contribution is 0.565. The standard InChI is InChI=1S/C13H12FIN2O2S/c1-8-6-9(16)7-12(13(8)14)20(18,19)17-11-5-3-2-4-10(11)15/h2-7,17H,16H2,1H3. The van der Waals surface area contributed by atoms with E-state index >= 15 is 0 Å². The number of para-hydroxylation sites is 1. The van der Waals surface area contributed by atoms with E-state index in [0.717, 1.165) is 9.64 Å². The van der Waals surface area contributed by atoms with Gasteiger partial charge in [0.15, 0.2) is 0 Å². The quantitative estimate of drug-likeness (QED) is 0.608. The number of anilines is 2. The van der Waals surface area contributed by atoms with Gasteiger partial charge in [0.25, 0.3) is 10.0 Å². The van der Waals surface area contributed by atoms with E-state index in [1.54, 1.807) is 24.3 Å². The van der Waals surface area contributed by atoms with Gasteiger partial charge < -0.3 is 5.73 Å². The number of hydrogen-bond donors (Lipinski definition) is 2. The average Bonchev–Trinajstić information content (AvgIpc) is 2.36. The van der Waals surface area contributed by atoms with Crippen LogP contribution in [-0.2, 0) is 10.0 Å². The molecule has 0 unspecified atom stereocenters. The van der Waals surface area contributed by atoms with Crippen molar-refractivity contribution in [3.63, 3.8) is 0 Å². The van der Waals surface area contributed by atoms with Crippen molar-refractivity contribution in [2.45, 2.75) is 11.8 Å². The van der Waals surface area contributed by atoms with E-state index in [9.17, 15) is 12.8 Å². The molecule has 0 radical (unpaired) electrons. The Balaban J connectivity index is 2.49. The van der Waals surface area contributed by atoms with Gasteiger partial charge in [0.2, 0.25) is 0 Å². The van der Waals surface area contributed by atoms with Crippen molar-refractivity contribution < 1.29 is 12.8 Å². The molecule has 7 heteroatoms. The van der Waals surface area contributed by atoms with Crippen LogP contribution in [0.3, 0.4) is 0 Å². The van der Waals surface area contributed by atoms with Crippen LogP contribution in [0, 0.1) is 16.3 Å². The maximum Gasteiger partial charge on any atom is 0.264 e. The van der Waals surface area contributed by atoms with Gasteiger partial charge in [-0.15, -0.1) is 0 Å². The van der Waals surface area contributed by atoms with E-state index in [2.05, 4.69) is 4.72 Å². The Labute approximate surface area is 130 Å². The molecule has 0 spiro atoms. The van der Waals surface area contributed by atoms with E-state index < -0.39 is 20.7 Å². The molecule has 0 fully saturated rings. The van der Waals surface area contributed by atoms with Crippen molar-refractivity contribution in [1.29, 1.82) is 0 Å². The molecule has 0 heterocycles. The fraction of sp³-hybridized carbons (Fsp3) is 0.0769. The van der Waals surface area contributed by atoms with Crippen LogP contribution in [-0.4, -0.2) is 8.42 Å². The van der Waals surface area contributed by atoms with Gasteiger partial charge in [-0.1, -0.05) is 12.1 Å². The zero-order valence-corrected chi connectivity index (χ0v) is 13.5. The maximum absolute atomic E-state index is 14.0. The molecule has 0 aromatic heterocycles. The molecule has 4 nitrogen and oxygen atoms in total. The second-order valence-corrected chi connectivity index (χ2v) is 7.05. The van der Waals surface area contributed by atoms with Crippen LogP contribution in [0.4, 0.5) is 15.8 Å². The Bertz CT molecular complexity index is 763. The zero-order valence-electron chi connectivity index (χ0n) is 10.5. The number of nitrogens with one attached hydrogen (secondary N) is 1. The van der Waals surface area contributed by atoms with Crippen molar-refractivity contribution in [3.05, 3.63) is 51.3 Å². The lowest BCUT2D eigenvalue weighted by Crippen LogP contribution is -2.16. The topological polar surface area (TPSA) is 72.2 Å². The number of nitrogen functional groups attached to an aromatic ring is 1. The summed E-state index contributed by atoms with van der Waals surface area (Å²) in [5.74, 6) is -0.794. The zero-order chi connectivity index (χ0) is 14.9. The smallest absolute Gasteiger partial charge is 0.264 e. The van der Waals surface area contributed by atoms with Crippen LogP contribution < -0.4 is 10.5 Å². The lowest BCUT2D eigenvalue weighted by atomic mass is 10.2. The molecule has 0 amide bonds. The molecule has 0 saturated carbocycles. The summed E-state index contributed by atoms with van der Waals surface area (Å²) in [4.78, 5) is -0.449. The highest BCUT2D eigenvalue weighted by molar-refractivity contribution is 14.1. The van der Waals surface area contributed by atoms with Gasteiger partial charge in [-0.2, -0.15) is 0 Å². The first-order valence-electron chi connectivity index (χ1n) is 5.64. The highest BCUT2D eigenvalue weighted by Crippen LogP contribution is 2.25. The molecule has 2 rings (SSSR count). The molecule has 20 heavy (non-hydrogen) atoms. The first-order valence-corrected chi connectivity index (χ1v) is 8.20. The van der Waals surface area contributed by atoms with Crippen LogP contribution in [0.2, 0.25) is 0 Å². The third kappa shape index (κ3) is 3.04. The van der Waals surface area contributed by atoms with Crippen molar-refractivity contribution in [2.75, 3.05) is 10.5 Å². The van der Waals surface area contributed by atoms with Crippen LogP contribution in [0.15, 0.2) is 41.3 Å². The number of halogens is 2. The fourth-order valence-electron chi connectivity index (χ4n) is 1.70. The van der Waals surface area contributed by atoms with Gasteiger partial charge in [0, 0.05) is 9.26 Å². The van der Waals surface area contributed by atoms with Crippen LogP contribution in [0.25, 0.3) is 0 Å². The molecular formula is C13H12FIN2O2S. The Hall–Kier alpha value is -1.35. The number of hydrogen-bond acceptors (Lipinski definition) is 3. The number of nitrogens with two attached hydrogens (primary N) is 1. The minimum absolute atomic E-state index is 0.188. The van der Waals surface area contributed by atoms with Gasteiger partial charge in [-0.3, -0.25) is 4.72 Å². The second-order valence-electron chi connectivity index (χ2n) is 4.24. The van der Waals surface area contributed by atoms with Crippen LogP contribution in [0.5, 0.6) is 0 Å². The average molecular weight is 406 g/mol. The van der Waals surface area contributed by atoms with Gasteiger partial charge >= 0.3 is 0 Å². The molecule has 106 valence electrons. The summed E-state index contributed by atoms with van der Waals surface area (Å²) in [5, 5.41) is 0. The molecule has 0 aliphatic rings. The third-order valence-electron chi connectivity index (χ3n) is 2.65. The predicted molar refractivity (Wildman–Crippen MR) is 85.5 cm³/mol. The summed E-state index contributed by atoms with van der Waals surface area (Å²) in [6.07, 6.45) is 0. The fourth-order valence-corrected chi connectivity index (χ4v) is 3.67. The molecule has 0 atom stereocenters. The Morgan fingerprint density at radius 1 is 1.25 bits per heavy atom. The first-order chi connectivity index (χ1) is 9.31. The number of sulfonamides is 1. The summed E-state index contributed by atoms with van der Waals surface area (Å²) in [6.45, 7) is 1.47. The van der Waals surface area contributed by atoms with E-state index in [-0.39, 0.29) is 11.3 Å². The van der Waals surface area contributed by atoms with Crippen molar-refractivity contribution in [1.82, 2.24) is 0 Å². The summed E-state index contributed by atoms with van der Waals surface area (Å²) >= 11 is 2.00. The molecule has 2 aromatic carbocycles. The summed E-state index contributed by atoms with van der Waals surface area (Å²) < 4.78 is 41.6. The number of benzene rings is 2. The summed E-state index contributed by atoms with van der Waals surface area (Å²) in [5.41, 5.74) is 6.37. The van der Waals surface area contributed by atoms with E-state index in [4.69, 9.17) is 5.73 Å². The van der Waals surface area contributed by atoms with E-state index in [1.807, 2.05) is 22.6 Å². The van der Waals surface area contributed by atoms with Gasteiger partial charge in [0.1, 0.15) is 10.7 Å². The molecule has 0 bridgehead atoms. The Morgan fingerprint density at radius 3 is 2.55 bits per heavy atom. The van der Waals surface area contributed by atoms with Crippen molar-refractivity contribution >= 4 is 44.0 Å². The number of rotatable bonds is 3. The summed E-state index contributed by atoms with van der Waals surface area (Å²) in [7, 11) is -4.02. The molecule has 0 aliphatic carbocycles. The molecule has 3 N–H and O–H groups in total. The van der Waals surface area contributed by atoms with Crippen molar-refractivity contribution in [3.8, 4) is 0 Å². The van der Waals surface area contributed by atoms with Crippen molar-refractivity contribution in [2.24, 2.45) is 0 Å². The minimum Gasteiger partial charge on any atom is -0.399 e. The maximum atomic E-state index is 14.0. The highest BCUT2D eigenvalue weighted by Gasteiger charge is 2.22. The van der Waals surface area contributed by atoms with Crippen LogP contribution >= 0.6 is 22.6 Å². The lowest BCUT2D eigenvalue weighted by Gasteiger charge is -2.12. The predicted octanol–water partition coefficient (Wildman–Crippen LogP) is 3.12. The SMILES string of the molecule is Cc1cc(N)cc(S(=O)(=O)Nc2ccccc2I)c1F. The van der Waals surface area contributed by atoms with E-state index in [0.29, 0.717) is 5.69 Å². The second kappa shape index (κ2) is 5.57. The van der Waals surface area contributed by atoms with E-state index in [1.165, 1.54) is 13.0 Å². The first kappa shape index (κ1) is 15.0.